The molecule has 0 heterocycles. The molecule has 0 saturated heterocycles. The van der Waals surface area contributed by atoms with Gasteiger partial charge in [0.2, 0.25) is 15.9 Å². The normalized spacial score (nSPS) is 11.4. The summed E-state index contributed by atoms with van der Waals surface area (Å²) in [6.07, 6.45) is 0.943. The van der Waals surface area contributed by atoms with Crippen molar-refractivity contribution in [3.05, 3.63) is 72.3 Å². The van der Waals surface area contributed by atoms with Gasteiger partial charge in [0.1, 0.15) is 0 Å². The van der Waals surface area contributed by atoms with Crippen LogP contribution in [0.15, 0.2) is 71.6 Å². The molecule has 6 heteroatoms. The van der Waals surface area contributed by atoms with Crippen LogP contribution in [0.5, 0.6) is 0 Å². The first-order valence-electron chi connectivity index (χ1n) is 8.85. The van der Waals surface area contributed by atoms with E-state index in [2.05, 4.69) is 10.0 Å². The van der Waals surface area contributed by atoms with Gasteiger partial charge in [0.15, 0.2) is 0 Å². The monoisotopic (exact) mass is 382 g/mol. The fourth-order valence-corrected chi connectivity index (χ4v) is 3.88. The first-order valence-corrected chi connectivity index (χ1v) is 10.3. The third kappa shape index (κ3) is 4.93. The van der Waals surface area contributed by atoms with Crippen LogP contribution in [0.1, 0.15) is 18.9 Å². The maximum atomic E-state index is 12.5. The summed E-state index contributed by atoms with van der Waals surface area (Å²) >= 11 is 0. The summed E-state index contributed by atoms with van der Waals surface area (Å²) in [7, 11) is -3.66. The van der Waals surface area contributed by atoms with E-state index < -0.39 is 10.0 Å². The first-order chi connectivity index (χ1) is 13.0. The predicted molar refractivity (Wildman–Crippen MR) is 108 cm³/mol. The molecule has 3 aromatic rings. The predicted octanol–water partition coefficient (Wildman–Crippen LogP) is 3.71. The minimum absolute atomic E-state index is 0.0362. The number of fused-ring (bicyclic) bond motifs is 1. The Morgan fingerprint density at radius 2 is 1.70 bits per heavy atom. The van der Waals surface area contributed by atoms with Gasteiger partial charge in [-0.1, -0.05) is 49.4 Å². The minimum atomic E-state index is -3.66. The van der Waals surface area contributed by atoms with Crippen molar-refractivity contribution in [1.29, 1.82) is 0 Å². The van der Waals surface area contributed by atoms with Crippen molar-refractivity contribution in [2.75, 3.05) is 11.9 Å². The van der Waals surface area contributed by atoms with Gasteiger partial charge in [0, 0.05) is 18.7 Å². The molecule has 0 unspecified atom stereocenters. The van der Waals surface area contributed by atoms with Gasteiger partial charge in [-0.3, -0.25) is 4.79 Å². The summed E-state index contributed by atoms with van der Waals surface area (Å²) in [5.41, 5.74) is 1.85. The molecule has 0 aliphatic heterocycles. The summed E-state index contributed by atoms with van der Waals surface area (Å²) < 4.78 is 27.4. The van der Waals surface area contributed by atoms with E-state index in [1.807, 2.05) is 55.5 Å². The highest BCUT2D eigenvalue weighted by molar-refractivity contribution is 7.89. The molecule has 0 atom stereocenters. The molecule has 0 spiro atoms. The molecule has 3 aromatic carbocycles. The number of sulfonamides is 1. The van der Waals surface area contributed by atoms with Gasteiger partial charge in [-0.25, -0.2) is 13.1 Å². The molecule has 2 N–H and O–H groups in total. The lowest BCUT2D eigenvalue weighted by atomic mass is 10.1. The molecular formula is C21H22N2O3S. The second kappa shape index (κ2) is 8.33. The average molecular weight is 382 g/mol. The van der Waals surface area contributed by atoms with Crippen molar-refractivity contribution in [3.8, 4) is 0 Å². The van der Waals surface area contributed by atoms with Crippen molar-refractivity contribution in [3.63, 3.8) is 0 Å². The number of hydrogen-bond acceptors (Lipinski definition) is 3. The fourth-order valence-electron chi connectivity index (χ4n) is 2.81. The van der Waals surface area contributed by atoms with Gasteiger partial charge in [-0.05, 0) is 47.0 Å². The van der Waals surface area contributed by atoms with Crippen LogP contribution in [0.3, 0.4) is 0 Å². The van der Waals surface area contributed by atoms with E-state index >= 15 is 0 Å². The maximum absolute atomic E-state index is 12.5. The van der Waals surface area contributed by atoms with Crippen LogP contribution in [0.25, 0.3) is 10.8 Å². The lowest BCUT2D eigenvalue weighted by Gasteiger charge is -2.09. The number of nitrogens with one attached hydrogen (secondary N) is 2. The van der Waals surface area contributed by atoms with Gasteiger partial charge in [-0.15, -0.1) is 0 Å². The van der Waals surface area contributed by atoms with Gasteiger partial charge in [0.25, 0.3) is 0 Å². The Labute approximate surface area is 159 Å². The van der Waals surface area contributed by atoms with Gasteiger partial charge < -0.3 is 5.32 Å². The van der Waals surface area contributed by atoms with Gasteiger partial charge in [-0.2, -0.15) is 0 Å². The molecule has 0 aromatic heterocycles. The standard InChI is InChI=1S/C21H22N2O3S/c1-2-16-6-5-9-19(14-16)23-21(24)12-13-22-27(25,26)20-11-10-17-7-3-4-8-18(17)15-20/h3-11,14-15,22H,2,12-13H2,1H3,(H,23,24). The number of carbonyl (C=O) groups excluding carboxylic acids is 1. The van der Waals surface area contributed by atoms with E-state index in [-0.39, 0.29) is 23.8 Å². The number of aryl methyl sites for hydroxylation is 1. The van der Waals surface area contributed by atoms with Gasteiger partial charge >= 0.3 is 0 Å². The molecular weight excluding hydrogens is 360 g/mol. The second-order valence-electron chi connectivity index (χ2n) is 6.26. The highest BCUT2D eigenvalue weighted by Gasteiger charge is 2.14. The third-order valence-corrected chi connectivity index (χ3v) is 5.75. The molecule has 140 valence electrons. The summed E-state index contributed by atoms with van der Waals surface area (Å²) in [6, 6.07) is 20.2. The number of benzene rings is 3. The van der Waals surface area contributed by atoms with Crippen LogP contribution in [-0.4, -0.2) is 20.9 Å². The maximum Gasteiger partial charge on any atom is 0.240 e. The Morgan fingerprint density at radius 3 is 2.48 bits per heavy atom. The minimum Gasteiger partial charge on any atom is -0.326 e. The SMILES string of the molecule is CCc1cccc(NC(=O)CCNS(=O)(=O)c2ccc3ccccc3c2)c1. The Balaban J connectivity index is 1.58. The van der Waals surface area contributed by atoms with Crippen LogP contribution in [0.2, 0.25) is 0 Å². The zero-order valence-corrected chi connectivity index (χ0v) is 15.9. The molecule has 5 nitrogen and oxygen atoms in total. The zero-order valence-electron chi connectivity index (χ0n) is 15.1. The summed E-state index contributed by atoms with van der Waals surface area (Å²) in [5.74, 6) is -0.232. The van der Waals surface area contributed by atoms with Crippen LogP contribution in [-0.2, 0) is 21.2 Å². The van der Waals surface area contributed by atoms with Crippen LogP contribution >= 0.6 is 0 Å². The molecule has 0 aliphatic rings. The number of carbonyl (C=O) groups is 1. The van der Waals surface area contributed by atoms with Gasteiger partial charge in [0.05, 0.1) is 4.90 Å². The van der Waals surface area contributed by atoms with Crippen LogP contribution in [0, 0.1) is 0 Å². The van der Waals surface area contributed by atoms with Crippen molar-refractivity contribution >= 4 is 32.4 Å². The van der Waals surface area contributed by atoms with E-state index in [4.69, 9.17) is 0 Å². The molecule has 0 aliphatic carbocycles. The van der Waals surface area contributed by atoms with Crippen molar-refractivity contribution in [1.82, 2.24) is 4.72 Å². The number of rotatable bonds is 7. The quantitative estimate of drug-likeness (QED) is 0.654. The molecule has 1 amide bonds. The smallest absolute Gasteiger partial charge is 0.240 e. The highest BCUT2D eigenvalue weighted by Crippen LogP contribution is 2.18. The summed E-state index contributed by atoms with van der Waals surface area (Å²) in [6.45, 7) is 2.08. The van der Waals surface area contributed by atoms with Crippen molar-refractivity contribution < 1.29 is 13.2 Å². The second-order valence-corrected chi connectivity index (χ2v) is 8.03. The first kappa shape index (κ1) is 19.1. The average Bonchev–Trinajstić information content (AvgIpc) is 2.67. The van der Waals surface area contributed by atoms with E-state index in [1.165, 1.54) is 0 Å². The topological polar surface area (TPSA) is 75.3 Å². The molecule has 3 rings (SSSR count). The summed E-state index contributed by atoms with van der Waals surface area (Å²) in [4.78, 5) is 12.3. The molecule has 0 bridgehead atoms. The van der Waals surface area contributed by atoms with E-state index in [1.54, 1.807) is 18.2 Å². The van der Waals surface area contributed by atoms with E-state index in [9.17, 15) is 13.2 Å². The number of anilines is 1. The van der Waals surface area contributed by atoms with Crippen LogP contribution in [0.4, 0.5) is 5.69 Å². The van der Waals surface area contributed by atoms with Crippen molar-refractivity contribution in [2.45, 2.75) is 24.7 Å². The summed E-state index contributed by atoms with van der Waals surface area (Å²) in [5, 5.41) is 4.63. The number of hydrogen-bond donors (Lipinski definition) is 2. The largest absolute Gasteiger partial charge is 0.326 e. The Bertz CT molecular complexity index is 1060. The third-order valence-electron chi connectivity index (χ3n) is 4.29. The molecule has 0 radical (unpaired) electrons. The Hall–Kier alpha value is -2.70. The highest BCUT2D eigenvalue weighted by atomic mass is 32.2. The molecule has 0 saturated carbocycles. The van der Waals surface area contributed by atoms with Crippen LogP contribution < -0.4 is 10.0 Å². The van der Waals surface area contributed by atoms with E-state index in [0.29, 0.717) is 0 Å². The molecule has 27 heavy (non-hydrogen) atoms. The fraction of sp³-hybridized carbons (Fsp3) is 0.190. The Kier molecular flexibility index (Phi) is 5.88. The zero-order chi connectivity index (χ0) is 19.3. The van der Waals surface area contributed by atoms with E-state index in [0.717, 1.165) is 28.4 Å². The lowest BCUT2D eigenvalue weighted by Crippen LogP contribution is -2.27. The lowest BCUT2D eigenvalue weighted by molar-refractivity contribution is -0.116. The Morgan fingerprint density at radius 1 is 0.926 bits per heavy atom. The number of amides is 1. The van der Waals surface area contributed by atoms with Crippen molar-refractivity contribution in [2.24, 2.45) is 0 Å². The molecule has 0 fully saturated rings.